The van der Waals surface area contributed by atoms with Crippen molar-refractivity contribution in [3.05, 3.63) is 15.6 Å². The maximum absolute atomic E-state index is 12.9. The zero-order valence-electron chi connectivity index (χ0n) is 17.3. The van der Waals surface area contributed by atoms with Crippen LogP contribution in [0.15, 0.2) is 15.0 Å². The second-order valence-corrected chi connectivity index (χ2v) is 9.79. The Morgan fingerprint density at radius 2 is 1.88 bits per heavy atom. The minimum absolute atomic E-state index is 0.0691. The first-order valence-corrected chi connectivity index (χ1v) is 10.9. The van der Waals surface area contributed by atoms with Crippen molar-refractivity contribution in [3.63, 3.8) is 0 Å². The Balaban J connectivity index is 1.64. The standard InChI is InChI=1S/C19H20BrClF3N3O5/c1-18(2,3)32-17(28)27-9-5-26(6-10(27)8-29-7-9)16-25-13-14(30-16)11(20)4-12(21)15(13)31-19(22,23)24/h4,9-10H,5-8H2,1-3H3. The lowest BCUT2D eigenvalue weighted by Crippen LogP contribution is -2.66. The minimum atomic E-state index is -4.95. The van der Waals surface area contributed by atoms with Crippen molar-refractivity contribution in [2.75, 3.05) is 31.2 Å². The van der Waals surface area contributed by atoms with Crippen molar-refractivity contribution in [2.24, 2.45) is 0 Å². The first kappa shape index (κ1) is 23.2. The fourth-order valence-corrected chi connectivity index (χ4v) is 4.63. The Kier molecular flexibility index (Phi) is 5.91. The van der Waals surface area contributed by atoms with Crippen LogP contribution in [-0.2, 0) is 9.47 Å². The highest BCUT2D eigenvalue weighted by Crippen LogP contribution is 2.42. The van der Waals surface area contributed by atoms with Gasteiger partial charge in [-0.15, -0.1) is 13.2 Å². The number of nitrogens with zero attached hydrogens (tertiary/aromatic N) is 3. The first-order valence-electron chi connectivity index (χ1n) is 9.70. The zero-order chi connectivity index (χ0) is 23.4. The molecule has 4 rings (SSSR count). The third-order valence-corrected chi connectivity index (χ3v) is 5.75. The van der Waals surface area contributed by atoms with Crippen LogP contribution in [-0.4, -0.2) is 66.3 Å². The average molecular weight is 543 g/mol. The lowest BCUT2D eigenvalue weighted by Gasteiger charge is -2.48. The molecule has 1 amide bonds. The third kappa shape index (κ3) is 4.72. The quantitative estimate of drug-likeness (QED) is 0.530. The minimum Gasteiger partial charge on any atom is -0.444 e. The molecule has 0 aliphatic carbocycles. The number of alkyl halides is 3. The molecule has 2 fully saturated rings. The van der Waals surface area contributed by atoms with E-state index < -0.39 is 23.8 Å². The second-order valence-electron chi connectivity index (χ2n) is 8.53. The van der Waals surface area contributed by atoms with E-state index in [1.165, 1.54) is 6.07 Å². The summed E-state index contributed by atoms with van der Waals surface area (Å²) in [4.78, 5) is 20.4. The number of ether oxygens (including phenoxy) is 3. The molecule has 1 aromatic carbocycles. The van der Waals surface area contributed by atoms with E-state index in [1.807, 2.05) is 0 Å². The number of rotatable bonds is 2. The molecule has 2 saturated heterocycles. The van der Waals surface area contributed by atoms with Gasteiger partial charge in [-0.05, 0) is 42.8 Å². The van der Waals surface area contributed by atoms with Gasteiger partial charge in [0.2, 0.25) is 0 Å². The molecule has 2 atom stereocenters. The number of amides is 1. The van der Waals surface area contributed by atoms with Crippen LogP contribution in [0.3, 0.4) is 0 Å². The smallest absolute Gasteiger partial charge is 0.444 e. The monoisotopic (exact) mass is 541 g/mol. The number of morpholine rings is 1. The van der Waals surface area contributed by atoms with Crippen molar-refractivity contribution in [3.8, 4) is 5.75 Å². The number of carbonyl (C=O) groups excluding carboxylic acids is 1. The van der Waals surface area contributed by atoms with Gasteiger partial charge in [0.1, 0.15) is 5.60 Å². The van der Waals surface area contributed by atoms with E-state index >= 15 is 0 Å². The van der Waals surface area contributed by atoms with Gasteiger partial charge in [0.05, 0.1) is 34.8 Å². The van der Waals surface area contributed by atoms with Gasteiger partial charge < -0.3 is 23.5 Å². The van der Waals surface area contributed by atoms with Crippen LogP contribution < -0.4 is 9.64 Å². The van der Waals surface area contributed by atoms with Crippen LogP contribution >= 0.6 is 27.5 Å². The Bertz CT molecular complexity index is 1030. The maximum atomic E-state index is 12.9. The summed E-state index contributed by atoms with van der Waals surface area (Å²) in [5.41, 5.74) is -0.739. The summed E-state index contributed by atoms with van der Waals surface area (Å²) >= 11 is 9.21. The molecule has 1 aromatic heterocycles. The Morgan fingerprint density at radius 3 is 2.44 bits per heavy atom. The van der Waals surface area contributed by atoms with Crippen molar-refractivity contribution in [2.45, 2.75) is 44.8 Å². The molecule has 176 valence electrons. The fourth-order valence-electron chi connectivity index (χ4n) is 3.76. The molecule has 8 nitrogen and oxygen atoms in total. The summed E-state index contributed by atoms with van der Waals surface area (Å²) in [5.74, 6) is -0.636. The SMILES string of the molecule is CC(C)(C)OC(=O)N1C2COCC1CN(c1nc3c(OC(F)(F)F)c(Cl)cc(Br)c3o1)C2. The number of carbonyl (C=O) groups is 1. The highest BCUT2D eigenvalue weighted by molar-refractivity contribution is 9.10. The summed E-state index contributed by atoms with van der Waals surface area (Å²) in [5, 5.41) is -0.262. The normalized spacial score (nSPS) is 21.8. The van der Waals surface area contributed by atoms with Crippen LogP contribution in [0.4, 0.5) is 24.0 Å². The average Bonchev–Trinajstić information content (AvgIpc) is 3.08. The van der Waals surface area contributed by atoms with Gasteiger partial charge in [-0.2, -0.15) is 4.98 Å². The first-order chi connectivity index (χ1) is 14.8. The lowest BCUT2D eigenvalue weighted by atomic mass is 10.1. The lowest BCUT2D eigenvalue weighted by molar-refractivity contribution is -0.274. The van der Waals surface area contributed by atoms with Gasteiger partial charge in [-0.3, -0.25) is 4.90 Å². The van der Waals surface area contributed by atoms with Gasteiger partial charge in [0.25, 0.3) is 6.01 Å². The molecule has 0 spiro atoms. The van der Waals surface area contributed by atoms with Gasteiger partial charge in [-0.25, -0.2) is 4.79 Å². The molecule has 2 aromatic rings. The predicted molar refractivity (Wildman–Crippen MR) is 112 cm³/mol. The van der Waals surface area contributed by atoms with E-state index in [-0.39, 0.29) is 47.4 Å². The number of anilines is 1. The Morgan fingerprint density at radius 1 is 1.25 bits per heavy atom. The largest absolute Gasteiger partial charge is 0.573 e. The number of halogens is 5. The topological polar surface area (TPSA) is 77.3 Å². The molecular formula is C19H20BrClF3N3O5. The van der Waals surface area contributed by atoms with Crippen LogP contribution in [0, 0.1) is 0 Å². The molecule has 2 aliphatic heterocycles. The number of hydrogen-bond acceptors (Lipinski definition) is 7. The maximum Gasteiger partial charge on any atom is 0.573 e. The highest BCUT2D eigenvalue weighted by Gasteiger charge is 2.44. The van der Waals surface area contributed by atoms with Gasteiger partial charge in [0.15, 0.2) is 16.8 Å². The summed E-state index contributed by atoms with van der Waals surface area (Å²) in [6, 6.07) is 0.662. The molecular weight excluding hydrogens is 523 g/mol. The van der Waals surface area contributed by atoms with E-state index in [9.17, 15) is 18.0 Å². The van der Waals surface area contributed by atoms with E-state index in [0.717, 1.165) is 0 Å². The van der Waals surface area contributed by atoms with Gasteiger partial charge in [-0.1, -0.05) is 11.6 Å². The Hall–Kier alpha value is -1.92. The molecule has 0 N–H and O–H groups in total. The zero-order valence-corrected chi connectivity index (χ0v) is 19.7. The molecule has 0 saturated carbocycles. The molecule has 2 aliphatic rings. The number of hydrogen-bond donors (Lipinski definition) is 0. The number of piperazine rings is 1. The molecule has 13 heteroatoms. The summed E-state index contributed by atoms with van der Waals surface area (Å²) in [6.07, 6.45) is -5.39. The highest BCUT2D eigenvalue weighted by atomic mass is 79.9. The summed E-state index contributed by atoms with van der Waals surface area (Å²) < 4.78 is 60.0. The molecule has 0 radical (unpaired) electrons. The number of fused-ring (bicyclic) bond motifs is 3. The molecule has 3 heterocycles. The van der Waals surface area contributed by atoms with E-state index in [2.05, 4.69) is 25.7 Å². The van der Waals surface area contributed by atoms with Crippen LogP contribution in [0.5, 0.6) is 5.75 Å². The van der Waals surface area contributed by atoms with Gasteiger partial charge in [0, 0.05) is 13.1 Å². The van der Waals surface area contributed by atoms with E-state index in [1.54, 1.807) is 30.6 Å². The van der Waals surface area contributed by atoms with E-state index in [0.29, 0.717) is 17.6 Å². The summed E-state index contributed by atoms with van der Waals surface area (Å²) in [6.45, 7) is 6.52. The van der Waals surface area contributed by atoms with Crippen molar-refractivity contribution in [1.29, 1.82) is 0 Å². The molecule has 2 unspecified atom stereocenters. The van der Waals surface area contributed by atoms with Crippen LogP contribution in [0.1, 0.15) is 20.8 Å². The molecule has 2 bridgehead atoms. The number of benzene rings is 1. The molecule has 32 heavy (non-hydrogen) atoms. The number of aromatic nitrogens is 1. The van der Waals surface area contributed by atoms with Gasteiger partial charge >= 0.3 is 12.5 Å². The summed E-state index contributed by atoms with van der Waals surface area (Å²) in [7, 11) is 0. The van der Waals surface area contributed by atoms with Crippen molar-refractivity contribution < 1.29 is 36.6 Å². The fraction of sp³-hybridized carbons (Fsp3) is 0.579. The predicted octanol–water partition coefficient (Wildman–Crippen LogP) is 4.97. The van der Waals surface area contributed by atoms with Crippen LogP contribution in [0.2, 0.25) is 5.02 Å². The Labute approximate surface area is 194 Å². The second kappa shape index (κ2) is 8.14. The third-order valence-electron chi connectivity index (χ3n) is 4.88. The van der Waals surface area contributed by atoms with Crippen LogP contribution in [0.25, 0.3) is 11.1 Å². The van der Waals surface area contributed by atoms with Crippen molar-refractivity contribution in [1.82, 2.24) is 9.88 Å². The number of oxazole rings is 1. The van der Waals surface area contributed by atoms with Crippen molar-refractivity contribution >= 4 is 50.7 Å². The van der Waals surface area contributed by atoms with E-state index in [4.69, 9.17) is 25.5 Å².